The minimum Gasteiger partial charge on any atom is -0.370 e. The summed E-state index contributed by atoms with van der Waals surface area (Å²) in [5.41, 5.74) is 0.492. The third-order valence-corrected chi connectivity index (χ3v) is 3.05. The Balaban J connectivity index is 2.13. The predicted octanol–water partition coefficient (Wildman–Crippen LogP) is 3.67. The van der Waals surface area contributed by atoms with Crippen LogP contribution in [0.15, 0.2) is 41.0 Å². The van der Waals surface area contributed by atoms with Crippen LogP contribution in [0.25, 0.3) is 0 Å². The van der Waals surface area contributed by atoms with Gasteiger partial charge in [0.2, 0.25) is 0 Å². The van der Waals surface area contributed by atoms with Gasteiger partial charge in [-0.15, -0.1) is 0 Å². The van der Waals surface area contributed by atoms with Gasteiger partial charge >= 0.3 is 0 Å². The summed E-state index contributed by atoms with van der Waals surface area (Å²) in [6.07, 6.45) is 1.45. The lowest BCUT2D eigenvalue weighted by Gasteiger charge is -2.07. The number of pyridine rings is 1. The molecule has 1 heterocycles. The van der Waals surface area contributed by atoms with E-state index < -0.39 is 11.7 Å². The molecule has 0 fully saturated rings. The van der Waals surface area contributed by atoms with Crippen molar-refractivity contribution in [2.45, 2.75) is 6.92 Å². The van der Waals surface area contributed by atoms with E-state index in [1.807, 2.05) is 6.92 Å². The van der Waals surface area contributed by atoms with Crippen LogP contribution in [-0.2, 0) is 0 Å². The Bertz CT molecular complexity index is 616. The number of rotatable bonds is 4. The lowest BCUT2D eigenvalue weighted by atomic mass is 10.2. The average Bonchev–Trinajstić information content (AvgIpc) is 2.44. The fraction of sp³-hybridized carbons (Fsp3) is 0.143. The molecule has 0 atom stereocenters. The quantitative estimate of drug-likeness (QED) is 0.894. The van der Waals surface area contributed by atoms with E-state index in [0.717, 1.165) is 6.54 Å². The first kappa shape index (κ1) is 14.5. The van der Waals surface area contributed by atoms with Crippen molar-refractivity contribution in [1.82, 2.24) is 4.98 Å². The number of benzene rings is 1. The molecule has 0 spiro atoms. The first-order valence-electron chi connectivity index (χ1n) is 6.06. The van der Waals surface area contributed by atoms with Gasteiger partial charge in [0.05, 0.1) is 11.3 Å². The molecule has 4 nitrogen and oxygen atoms in total. The van der Waals surface area contributed by atoms with Gasteiger partial charge in [0, 0.05) is 17.2 Å². The summed E-state index contributed by atoms with van der Waals surface area (Å²) in [7, 11) is 0. The van der Waals surface area contributed by atoms with Crippen molar-refractivity contribution in [2.24, 2.45) is 0 Å². The molecule has 6 heteroatoms. The van der Waals surface area contributed by atoms with Gasteiger partial charge in [-0.2, -0.15) is 0 Å². The molecule has 0 aliphatic carbocycles. The summed E-state index contributed by atoms with van der Waals surface area (Å²) in [5, 5.41) is 5.55. The van der Waals surface area contributed by atoms with Crippen molar-refractivity contribution in [3.63, 3.8) is 0 Å². The Kier molecular flexibility index (Phi) is 4.68. The van der Waals surface area contributed by atoms with Crippen molar-refractivity contribution in [3.8, 4) is 0 Å². The summed E-state index contributed by atoms with van der Waals surface area (Å²) in [4.78, 5) is 16.1. The van der Waals surface area contributed by atoms with Gasteiger partial charge in [0.1, 0.15) is 11.6 Å². The van der Waals surface area contributed by atoms with Gasteiger partial charge < -0.3 is 10.6 Å². The highest BCUT2D eigenvalue weighted by Crippen LogP contribution is 2.20. The van der Waals surface area contributed by atoms with Crippen LogP contribution in [0.1, 0.15) is 17.3 Å². The Morgan fingerprint density at radius 3 is 2.80 bits per heavy atom. The van der Waals surface area contributed by atoms with Crippen LogP contribution in [0.5, 0.6) is 0 Å². The first-order valence-corrected chi connectivity index (χ1v) is 6.85. The van der Waals surface area contributed by atoms with E-state index in [1.54, 1.807) is 18.2 Å². The number of nitrogens with zero attached hydrogens (tertiary/aromatic N) is 1. The smallest absolute Gasteiger partial charge is 0.257 e. The van der Waals surface area contributed by atoms with E-state index in [2.05, 4.69) is 31.5 Å². The lowest BCUT2D eigenvalue weighted by molar-refractivity contribution is 0.102. The van der Waals surface area contributed by atoms with Crippen LogP contribution >= 0.6 is 15.9 Å². The maximum Gasteiger partial charge on any atom is 0.257 e. The van der Waals surface area contributed by atoms with Crippen LogP contribution < -0.4 is 10.6 Å². The number of amides is 1. The maximum absolute atomic E-state index is 13.5. The molecule has 104 valence electrons. The molecular formula is C14H13BrFN3O. The number of carbonyl (C=O) groups excluding carboxylic acids is 1. The number of hydrogen-bond donors (Lipinski definition) is 2. The molecule has 0 unspecified atom stereocenters. The number of carbonyl (C=O) groups is 1. The number of halogens is 2. The molecule has 0 aliphatic rings. The Morgan fingerprint density at radius 2 is 2.15 bits per heavy atom. The third kappa shape index (κ3) is 3.54. The largest absolute Gasteiger partial charge is 0.370 e. The molecule has 1 amide bonds. The predicted molar refractivity (Wildman–Crippen MR) is 80.5 cm³/mol. The van der Waals surface area contributed by atoms with Gasteiger partial charge in [-0.1, -0.05) is 15.9 Å². The second-order valence-corrected chi connectivity index (χ2v) is 4.96. The second kappa shape index (κ2) is 6.47. The Hall–Kier alpha value is -1.95. The molecule has 20 heavy (non-hydrogen) atoms. The molecule has 0 saturated carbocycles. The van der Waals surface area contributed by atoms with Gasteiger partial charge in [-0.05, 0) is 37.3 Å². The van der Waals surface area contributed by atoms with E-state index in [0.29, 0.717) is 15.9 Å². The van der Waals surface area contributed by atoms with E-state index in [4.69, 9.17) is 0 Å². The number of anilines is 2. The average molecular weight is 338 g/mol. The zero-order valence-corrected chi connectivity index (χ0v) is 12.4. The van der Waals surface area contributed by atoms with Crippen molar-refractivity contribution >= 4 is 33.3 Å². The highest BCUT2D eigenvalue weighted by atomic mass is 79.9. The molecule has 2 rings (SSSR count). The van der Waals surface area contributed by atoms with Crippen LogP contribution in [-0.4, -0.2) is 17.4 Å². The fourth-order valence-corrected chi connectivity index (χ4v) is 1.96. The van der Waals surface area contributed by atoms with E-state index >= 15 is 0 Å². The van der Waals surface area contributed by atoms with Crippen LogP contribution in [0.2, 0.25) is 0 Å². The minimum absolute atomic E-state index is 0.125. The Morgan fingerprint density at radius 1 is 1.35 bits per heavy atom. The highest BCUT2D eigenvalue weighted by molar-refractivity contribution is 9.10. The van der Waals surface area contributed by atoms with Crippen molar-refractivity contribution < 1.29 is 9.18 Å². The number of hydrogen-bond acceptors (Lipinski definition) is 3. The number of nitrogens with one attached hydrogen (secondary N) is 2. The molecule has 1 aromatic carbocycles. The molecule has 0 radical (unpaired) electrons. The lowest BCUT2D eigenvalue weighted by Crippen LogP contribution is -2.13. The second-order valence-electron chi connectivity index (χ2n) is 4.04. The molecule has 1 aromatic heterocycles. The van der Waals surface area contributed by atoms with E-state index in [9.17, 15) is 9.18 Å². The van der Waals surface area contributed by atoms with Crippen molar-refractivity contribution in [1.29, 1.82) is 0 Å². The van der Waals surface area contributed by atoms with Gasteiger partial charge in [-0.25, -0.2) is 9.37 Å². The van der Waals surface area contributed by atoms with E-state index in [-0.39, 0.29) is 5.69 Å². The first-order chi connectivity index (χ1) is 9.60. The van der Waals surface area contributed by atoms with Gasteiger partial charge in [0.25, 0.3) is 5.91 Å². The van der Waals surface area contributed by atoms with Crippen molar-refractivity contribution in [2.75, 3.05) is 17.2 Å². The summed E-state index contributed by atoms with van der Waals surface area (Å²) in [5.74, 6) is -0.200. The molecule has 2 aromatic rings. The molecule has 0 bridgehead atoms. The molecule has 0 saturated heterocycles. The normalized spacial score (nSPS) is 10.2. The maximum atomic E-state index is 13.5. The van der Waals surface area contributed by atoms with Crippen LogP contribution in [0.4, 0.5) is 15.9 Å². The monoisotopic (exact) mass is 337 g/mol. The summed E-state index contributed by atoms with van der Waals surface area (Å²) in [6.45, 7) is 2.71. The minimum atomic E-state index is -0.487. The molecular weight excluding hydrogens is 325 g/mol. The SMILES string of the molecule is CCNc1ccc(C(=O)Nc2cc(Br)ccc2F)cn1. The van der Waals surface area contributed by atoms with E-state index in [1.165, 1.54) is 18.3 Å². The summed E-state index contributed by atoms with van der Waals surface area (Å²) < 4.78 is 14.2. The summed E-state index contributed by atoms with van der Waals surface area (Å²) in [6, 6.07) is 7.70. The van der Waals surface area contributed by atoms with Crippen LogP contribution in [0, 0.1) is 5.82 Å². The summed E-state index contributed by atoms with van der Waals surface area (Å²) >= 11 is 3.23. The standard InChI is InChI=1S/C14H13BrFN3O/c1-2-17-13-6-3-9(8-18-13)14(20)19-12-7-10(15)4-5-11(12)16/h3-8H,2H2,1H3,(H,17,18)(H,19,20). The fourth-order valence-electron chi connectivity index (χ4n) is 1.60. The van der Waals surface area contributed by atoms with Gasteiger partial charge in [0.15, 0.2) is 0 Å². The highest BCUT2D eigenvalue weighted by Gasteiger charge is 2.10. The number of aromatic nitrogens is 1. The van der Waals surface area contributed by atoms with Crippen molar-refractivity contribution in [3.05, 3.63) is 52.4 Å². The topological polar surface area (TPSA) is 54.0 Å². The molecule has 2 N–H and O–H groups in total. The zero-order valence-electron chi connectivity index (χ0n) is 10.8. The zero-order chi connectivity index (χ0) is 14.5. The van der Waals surface area contributed by atoms with Gasteiger partial charge in [-0.3, -0.25) is 4.79 Å². The third-order valence-electron chi connectivity index (χ3n) is 2.56. The van der Waals surface area contributed by atoms with Crippen LogP contribution in [0.3, 0.4) is 0 Å². The Labute approximate surface area is 124 Å². The molecule has 0 aliphatic heterocycles.